The fourth-order valence-electron chi connectivity index (χ4n) is 4.83. The lowest BCUT2D eigenvalue weighted by Crippen LogP contribution is -2.39. The van der Waals surface area contributed by atoms with Crippen molar-refractivity contribution in [2.75, 3.05) is 18.0 Å². The predicted octanol–water partition coefficient (Wildman–Crippen LogP) is 5.26. The Hall–Kier alpha value is -3.78. The number of carboxylic acid groups (broad SMARTS) is 1. The molecule has 1 unspecified atom stereocenters. The van der Waals surface area contributed by atoms with Crippen molar-refractivity contribution in [3.8, 4) is 22.4 Å². The number of aryl methyl sites for hydroxylation is 1. The number of rotatable bonds is 5. The van der Waals surface area contributed by atoms with E-state index in [0.29, 0.717) is 22.9 Å². The fourth-order valence-corrected chi connectivity index (χ4v) is 4.83. The second kappa shape index (κ2) is 9.02. The normalized spacial score (nSPS) is 16.3. The minimum atomic E-state index is -1.71. The van der Waals surface area contributed by atoms with Crippen LogP contribution >= 0.6 is 0 Å². The average molecular weight is 489 g/mol. The maximum atomic E-state index is 13.4. The molecule has 1 atom stereocenters. The number of benzene rings is 2. The van der Waals surface area contributed by atoms with Gasteiger partial charge in [0.2, 0.25) is 0 Å². The Morgan fingerprint density at radius 3 is 2.36 bits per heavy atom. The number of aliphatic carboxylic acids is 1. The monoisotopic (exact) mass is 488 g/mol. The Labute approximate surface area is 208 Å². The Morgan fingerprint density at radius 1 is 1.03 bits per heavy atom. The van der Waals surface area contributed by atoms with Crippen LogP contribution in [0.3, 0.4) is 0 Å². The first kappa shape index (κ1) is 23.9. The first-order chi connectivity index (χ1) is 17.1. The molecule has 1 aliphatic rings. The molecule has 0 aliphatic carbocycles. The van der Waals surface area contributed by atoms with Crippen LogP contribution in [-0.4, -0.2) is 43.9 Å². The zero-order valence-electron chi connectivity index (χ0n) is 20.6. The van der Waals surface area contributed by atoms with E-state index in [-0.39, 0.29) is 16.8 Å². The lowest BCUT2D eigenvalue weighted by Gasteiger charge is -2.39. The van der Waals surface area contributed by atoms with Gasteiger partial charge in [-0.1, -0.05) is 44.2 Å². The van der Waals surface area contributed by atoms with Crippen LogP contribution in [0.4, 0.5) is 10.2 Å². The van der Waals surface area contributed by atoms with Crippen molar-refractivity contribution < 1.29 is 19.4 Å². The van der Waals surface area contributed by atoms with Crippen LogP contribution in [-0.2, 0) is 4.79 Å². The highest BCUT2D eigenvalue weighted by Crippen LogP contribution is 2.37. The number of carboxylic acids is 1. The number of carbonyl (C=O) groups is 1. The van der Waals surface area contributed by atoms with Crippen LogP contribution in [0.1, 0.15) is 44.1 Å². The van der Waals surface area contributed by atoms with Gasteiger partial charge in [-0.3, -0.25) is 0 Å². The number of halogens is 1. The van der Waals surface area contributed by atoms with Gasteiger partial charge in [0.15, 0.2) is 11.8 Å². The van der Waals surface area contributed by atoms with E-state index in [0.717, 1.165) is 42.6 Å². The van der Waals surface area contributed by atoms with Gasteiger partial charge in [0.25, 0.3) is 0 Å². The molecule has 2 aromatic carbocycles. The summed E-state index contributed by atoms with van der Waals surface area (Å²) in [5, 5.41) is 25.1. The van der Waals surface area contributed by atoms with Crippen molar-refractivity contribution in [2.45, 2.75) is 39.7 Å². The number of aliphatic hydroxyl groups excluding tert-OH is 1. The summed E-state index contributed by atoms with van der Waals surface area (Å²) in [7, 11) is 0. The summed E-state index contributed by atoms with van der Waals surface area (Å²) in [6.07, 6.45) is 0.166. The Bertz CT molecular complexity index is 1440. The minimum Gasteiger partial charge on any atom is -0.479 e. The summed E-state index contributed by atoms with van der Waals surface area (Å²) in [5.74, 6) is -1.04. The van der Waals surface area contributed by atoms with E-state index < -0.39 is 12.1 Å². The van der Waals surface area contributed by atoms with Crippen LogP contribution in [0.25, 0.3) is 28.0 Å². The number of piperidine rings is 1. The van der Waals surface area contributed by atoms with Crippen molar-refractivity contribution in [1.29, 1.82) is 0 Å². The van der Waals surface area contributed by atoms with Gasteiger partial charge in [-0.05, 0) is 54.5 Å². The third kappa shape index (κ3) is 4.44. The first-order valence-corrected chi connectivity index (χ1v) is 12.1. The van der Waals surface area contributed by atoms with Crippen molar-refractivity contribution >= 4 is 17.4 Å². The maximum Gasteiger partial charge on any atom is 0.337 e. The van der Waals surface area contributed by atoms with E-state index in [9.17, 15) is 19.4 Å². The third-order valence-electron chi connectivity index (χ3n) is 7.06. The van der Waals surface area contributed by atoms with Gasteiger partial charge >= 0.3 is 5.97 Å². The molecule has 0 saturated carbocycles. The van der Waals surface area contributed by atoms with Crippen LogP contribution in [0.2, 0.25) is 0 Å². The highest BCUT2D eigenvalue weighted by molar-refractivity contribution is 5.79. The van der Waals surface area contributed by atoms with Gasteiger partial charge in [-0.25, -0.2) is 14.2 Å². The summed E-state index contributed by atoms with van der Waals surface area (Å²) >= 11 is 0. The average Bonchev–Trinajstić information content (AvgIpc) is 3.27. The summed E-state index contributed by atoms with van der Waals surface area (Å²) in [6.45, 7) is 7.62. The van der Waals surface area contributed by atoms with Gasteiger partial charge in [0.1, 0.15) is 11.6 Å². The molecule has 4 aromatic rings. The third-order valence-corrected chi connectivity index (χ3v) is 7.06. The molecule has 2 aromatic heterocycles. The number of aliphatic hydroxyl groups is 1. The summed E-state index contributed by atoms with van der Waals surface area (Å²) in [4.78, 5) is 18.5. The lowest BCUT2D eigenvalue weighted by atomic mass is 9.82. The predicted molar refractivity (Wildman–Crippen MR) is 136 cm³/mol. The maximum absolute atomic E-state index is 13.4. The number of nitrogens with zero attached hydrogens (tertiary/aromatic N) is 4. The highest BCUT2D eigenvalue weighted by Gasteiger charge is 2.33. The number of anilines is 1. The molecule has 7 nitrogen and oxygen atoms in total. The molecule has 5 rings (SSSR count). The summed E-state index contributed by atoms with van der Waals surface area (Å²) in [6, 6.07) is 16.0. The Kier molecular flexibility index (Phi) is 6.00. The molecule has 3 heterocycles. The molecule has 2 N–H and O–H groups in total. The number of aromatic nitrogens is 3. The van der Waals surface area contributed by atoms with E-state index in [1.165, 1.54) is 12.1 Å². The molecule has 8 heteroatoms. The summed E-state index contributed by atoms with van der Waals surface area (Å²) < 4.78 is 15.1. The fraction of sp³-hybridized carbons (Fsp3) is 0.321. The molecular weight excluding hydrogens is 459 g/mol. The second-order valence-corrected chi connectivity index (χ2v) is 10.2. The van der Waals surface area contributed by atoms with Crippen molar-refractivity contribution in [3.63, 3.8) is 0 Å². The van der Waals surface area contributed by atoms with Gasteiger partial charge < -0.3 is 15.1 Å². The summed E-state index contributed by atoms with van der Waals surface area (Å²) in [5.41, 5.74) is 4.84. The molecule has 0 bridgehead atoms. The van der Waals surface area contributed by atoms with E-state index >= 15 is 0 Å². The Balaban J connectivity index is 1.64. The molecular formula is C28H29FN4O3. The number of hydrogen-bond acceptors (Lipinski definition) is 5. The van der Waals surface area contributed by atoms with E-state index in [1.54, 1.807) is 23.6 Å². The topological polar surface area (TPSA) is 91.0 Å². The molecule has 0 amide bonds. The molecule has 1 aliphatic heterocycles. The van der Waals surface area contributed by atoms with Gasteiger partial charge in [0, 0.05) is 30.4 Å². The van der Waals surface area contributed by atoms with Crippen molar-refractivity contribution in [1.82, 2.24) is 14.6 Å². The van der Waals surface area contributed by atoms with Gasteiger partial charge in [-0.2, -0.15) is 9.61 Å². The molecule has 1 fully saturated rings. The molecule has 186 valence electrons. The number of hydrogen-bond donors (Lipinski definition) is 2. The molecule has 0 radical (unpaired) electrons. The second-order valence-electron chi connectivity index (χ2n) is 10.2. The molecule has 1 saturated heterocycles. The quantitative estimate of drug-likeness (QED) is 0.399. The van der Waals surface area contributed by atoms with Crippen LogP contribution in [0.5, 0.6) is 0 Å². The van der Waals surface area contributed by atoms with Gasteiger partial charge in [0.05, 0.1) is 11.3 Å². The lowest BCUT2D eigenvalue weighted by molar-refractivity contribution is -0.147. The minimum absolute atomic E-state index is 0.194. The van der Waals surface area contributed by atoms with E-state index in [4.69, 9.17) is 5.10 Å². The van der Waals surface area contributed by atoms with Crippen molar-refractivity contribution in [3.05, 3.63) is 71.7 Å². The molecule has 36 heavy (non-hydrogen) atoms. The van der Waals surface area contributed by atoms with Crippen LogP contribution in [0.15, 0.2) is 54.6 Å². The highest BCUT2D eigenvalue weighted by atomic mass is 19.1. The smallest absolute Gasteiger partial charge is 0.337 e. The first-order valence-electron chi connectivity index (χ1n) is 12.1. The zero-order valence-corrected chi connectivity index (χ0v) is 20.6. The van der Waals surface area contributed by atoms with Crippen molar-refractivity contribution in [2.24, 2.45) is 5.41 Å². The van der Waals surface area contributed by atoms with E-state index in [2.05, 4.69) is 23.7 Å². The molecule has 0 spiro atoms. The van der Waals surface area contributed by atoms with Crippen LogP contribution in [0, 0.1) is 18.2 Å². The Morgan fingerprint density at radius 2 is 1.69 bits per heavy atom. The van der Waals surface area contributed by atoms with Gasteiger partial charge in [-0.15, -0.1) is 0 Å². The zero-order chi connectivity index (χ0) is 25.6. The largest absolute Gasteiger partial charge is 0.479 e. The van der Waals surface area contributed by atoms with E-state index in [1.807, 2.05) is 30.3 Å². The van der Waals surface area contributed by atoms with Crippen LogP contribution < -0.4 is 4.90 Å². The standard InChI is InChI=1S/C28H29FN4O3/c1-17-24(25(34)27(35)36)26(32-13-11-28(2,3)12-14-32)33-23(30-17)16-22(31-33)20-6-4-5-19(15-20)18-7-9-21(29)10-8-18/h4-10,15-16,25,34H,11-14H2,1-3H3,(H,35,36). The SMILES string of the molecule is Cc1nc2cc(-c3cccc(-c4ccc(F)cc4)c3)nn2c(N2CCC(C)(C)CC2)c1C(O)C(=O)O. The number of fused-ring (bicyclic) bond motifs is 1.